The molecule has 4 bridgehead atoms. The van der Waals surface area contributed by atoms with Gasteiger partial charge >= 0.3 is 6.09 Å². The molecule has 5 fully saturated rings. The van der Waals surface area contributed by atoms with Crippen molar-refractivity contribution in [1.29, 1.82) is 0 Å². The molecule has 5 aliphatic rings. The molecule has 1 saturated heterocycles. The maximum Gasteiger partial charge on any atom is 0.408 e. The van der Waals surface area contributed by atoms with Crippen LogP contribution in [0.3, 0.4) is 0 Å². The van der Waals surface area contributed by atoms with Gasteiger partial charge in [0.2, 0.25) is 11.8 Å². The SMILES string of the molecule is CC(C)(C)OC(=O)NCC(=O)N1CCCN(C(=O)C23CC4CC(CC(C4)C2)C3)CC1. The molecule has 1 N–H and O–H groups in total. The Kier molecular flexibility index (Phi) is 5.75. The molecular formula is C23H37N3O4. The molecular weight excluding hydrogens is 382 g/mol. The number of alkyl carbamates (subject to hydrolysis) is 1. The number of amides is 3. The molecule has 1 heterocycles. The van der Waals surface area contributed by atoms with E-state index in [4.69, 9.17) is 4.74 Å². The van der Waals surface area contributed by atoms with Gasteiger partial charge in [-0.3, -0.25) is 9.59 Å². The Morgan fingerprint density at radius 2 is 1.43 bits per heavy atom. The summed E-state index contributed by atoms with van der Waals surface area (Å²) < 4.78 is 5.19. The number of nitrogens with one attached hydrogen (secondary N) is 1. The predicted octanol–water partition coefficient (Wildman–Crippen LogP) is 2.79. The van der Waals surface area contributed by atoms with Gasteiger partial charge in [-0.1, -0.05) is 0 Å². The number of carbonyl (C=O) groups is 3. The zero-order chi connectivity index (χ0) is 21.5. The maximum atomic E-state index is 13.6. The standard InChI is InChI=1S/C23H37N3O4/c1-22(2,3)30-21(29)24-15-19(27)25-5-4-6-26(8-7-25)20(28)23-12-16-9-17(13-23)11-18(10-16)14-23/h16-18H,4-15H2,1-3H3,(H,24,29). The van der Waals surface area contributed by atoms with Crippen molar-refractivity contribution in [3.63, 3.8) is 0 Å². The van der Waals surface area contributed by atoms with E-state index in [1.165, 1.54) is 19.3 Å². The summed E-state index contributed by atoms with van der Waals surface area (Å²) in [4.78, 5) is 41.8. The van der Waals surface area contributed by atoms with Crippen LogP contribution in [0.5, 0.6) is 0 Å². The highest BCUT2D eigenvalue weighted by atomic mass is 16.6. The fraction of sp³-hybridized carbons (Fsp3) is 0.870. The summed E-state index contributed by atoms with van der Waals surface area (Å²) in [5.41, 5.74) is -0.708. The quantitative estimate of drug-likeness (QED) is 0.763. The number of ether oxygens (including phenoxy) is 1. The molecule has 1 aliphatic heterocycles. The first-order valence-corrected chi connectivity index (χ1v) is 11.7. The van der Waals surface area contributed by atoms with E-state index in [9.17, 15) is 14.4 Å². The molecule has 0 atom stereocenters. The molecule has 7 heteroatoms. The average Bonchev–Trinajstić information content (AvgIpc) is 2.89. The highest BCUT2D eigenvalue weighted by Gasteiger charge is 2.55. The van der Waals surface area contributed by atoms with E-state index in [-0.39, 0.29) is 17.9 Å². The Morgan fingerprint density at radius 3 is 2.00 bits per heavy atom. The van der Waals surface area contributed by atoms with E-state index in [2.05, 4.69) is 5.32 Å². The second-order valence-electron chi connectivity index (χ2n) is 11.1. The molecule has 0 spiro atoms. The minimum absolute atomic E-state index is 0.0716. The van der Waals surface area contributed by atoms with E-state index >= 15 is 0 Å². The number of carbonyl (C=O) groups excluding carboxylic acids is 3. The highest BCUT2D eigenvalue weighted by molar-refractivity contribution is 5.84. The van der Waals surface area contributed by atoms with Gasteiger partial charge in [0.25, 0.3) is 0 Å². The second-order valence-corrected chi connectivity index (χ2v) is 11.1. The van der Waals surface area contributed by atoms with Crippen molar-refractivity contribution in [2.45, 2.75) is 71.3 Å². The summed E-state index contributed by atoms with van der Waals surface area (Å²) in [6, 6.07) is 0. The van der Waals surface area contributed by atoms with E-state index in [1.807, 2.05) is 4.90 Å². The van der Waals surface area contributed by atoms with Crippen LogP contribution in [-0.4, -0.2) is 66.0 Å². The molecule has 3 amide bonds. The fourth-order valence-corrected chi connectivity index (χ4v) is 6.65. The molecule has 4 aliphatic carbocycles. The van der Waals surface area contributed by atoms with Crippen molar-refractivity contribution in [3.05, 3.63) is 0 Å². The Labute approximate surface area is 179 Å². The third-order valence-electron chi connectivity index (χ3n) is 7.41. The lowest BCUT2D eigenvalue weighted by atomic mass is 9.49. The molecule has 4 saturated carbocycles. The number of hydrogen-bond donors (Lipinski definition) is 1. The maximum absolute atomic E-state index is 13.6. The van der Waals surface area contributed by atoms with Crippen LogP contribution in [0.1, 0.15) is 65.7 Å². The summed E-state index contributed by atoms with van der Waals surface area (Å²) in [5.74, 6) is 2.49. The van der Waals surface area contributed by atoms with Gasteiger partial charge in [0, 0.05) is 26.2 Å². The second kappa shape index (κ2) is 8.04. The zero-order valence-electron chi connectivity index (χ0n) is 18.7. The fourth-order valence-electron chi connectivity index (χ4n) is 6.65. The van der Waals surface area contributed by atoms with Crippen LogP contribution < -0.4 is 5.32 Å². The first-order valence-electron chi connectivity index (χ1n) is 11.7. The van der Waals surface area contributed by atoms with Crippen LogP contribution in [0.15, 0.2) is 0 Å². The van der Waals surface area contributed by atoms with Crippen LogP contribution in [0, 0.1) is 23.2 Å². The Hall–Kier alpha value is -1.79. The molecule has 7 nitrogen and oxygen atoms in total. The van der Waals surface area contributed by atoms with Gasteiger partial charge in [-0.15, -0.1) is 0 Å². The normalized spacial score (nSPS) is 33.2. The van der Waals surface area contributed by atoms with Crippen LogP contribution in [0.4, 0.5) is 4.79 Å². The summed E-state index contributed by atoms with van der Waals surface area (Å²) >= 11 is 0. The molecule has 0 radical (unpaired) electrons. The first-order chi connectivity index (χ1) is 14.1. The van der Waals surface area contributed by atoms with Crippen molar-refractivity contribution in [2.24, 2.45) is 23.2 Å². The third kappa shape index (κ3) is 4.59. The van der Waals surface area contributed by atoms with E-state index in [1.54, 1.807) is 25.7 Å². The minimum atomic E-state index is -0.589. The first kappa shape index (κ1) is 21.4. The smallest absolute Gasteiger partial charge is 0.408 e. The van der Waals surface area contributed by atoms with Crippen molar-refractivity contribution in [2.75, 3.05) is 32.7 Å². The topological polar surface area (TPSA) is 79.0 Å². The third-order valence-corrected chi connectivity index (χ3v) is 7.41. The lowest BCUT2D eigenvalue weighted by molar-refractivity contribution is -0.157. The van der Waals surface area contributed by atoms with Crippen molar-refractivity contribution >= 4 is 17.9 Å². The number of nitrogens with zero attached hydrogens (tertiary/aromatic N) is 2. The van der Waals surface area contributed by atoms with E-state index in [0.29, 0.717) is 25.5 Å². The predicted molar refractivity (Wildman–Crippen MR) is 113 cm³/mol. The van der Waals surface area contributed by atoms with Gasteiger partial charge in [-0.05, 0) is 83.5 Å². The lowest BCUT2D eigenvalue weighted by Crippen LogP contribution is -2.55. The van der Waals surface area contributed by atoms with Gasteiger partial charge in [0.05, 0.1) is 5.41 Å². The molecule has 5 rings (SSSR count). The largest absolute Gasteiger partial charge is 0.444 e. The van der Waals surface area contributed by atoms with E-state index < -0.39 is 11.7 Å². The summed E-state index contributed by atoms with van der Waals surface area (Å²) in [6.07, 6.45) is 7.45. The highest BCUT2D eigenvalue weighted by Crippen LogP contribution is 2.60. The average molecular weight is 420 g/mol. The van der Waals surface area contributed by atoms with Gasteiger partial charge in [0.1, 0.15) is 12.1 Å². The van der Waals surface area contributed by atoms with Crippen LogP contribution >= 0.6 is 0 Å². The van der Waals surface area contributed by atoms with Crippen LogP contribution in [0.25, 0.3) is 0 Å². The molecule has 168 valence electrons. The van der Waals surface area contributed by atoms with Crippen molar-refractivity contribution in [3.8, 4) is 0 Å². The number of rotatable bonds is 3. The minimum Gasteiger partial charge on any atom is -0.444 e. The Bertz CT molecular complexity index is 664. The molecule has 0 unspecified atom stereocenters. The Balaban J connectivity index is 1.29. The summed E-state index contributed by atoms with van der Waals surface area (Å²) in [6.45, 7) is 7.78. The monoisotopic (exact) mass is 419 g/mol. The van der Waals surface area contributed by atoms with Gasteiger partial charge in [-0.25, -0.2) is 4.79 Å². The van der Waals surface area contributed by atoms with Crippen molar-refractivity contribution < 1.29 is 19.1 Å². The van der Waals surface area contributed by atoms with Gasteiger partial charge in [-0.2, -0.15) is 0 Å². The molecule has 30 heavy (non-hydrogen) atoms. The number of hydrogen-bond acceptors (Lipinski definition) is 4. The lowest BCUT2D eigenvalue weighted by Gasteiger charge is -2.56. The molecule has 0 aromatic heterocycles. The molecule has 0 aromatic rings. The zero-order valence-corrected chi connectivity index (χ0v) is 18.7. The van der Waals surface area contributed by atoms with Crippen LogP contribution in [0.2, 0.25) is 0 Å². The summed E-state index contributed by atoms with van der Waals surface area (Å²) in [5, 5.41) is 2.55. The van der Waals surface area contributed by atoms with Gasteiger partial charge < -0.3 is 19.9 Å². The Morgan fingerprint density at radius 1 is 0.900 bits per heavy atom. The van der Waals surface area contributed by atoms with Crippen LogP contribution in [-0.2, 0) is 14.3 Å². The molecule has 0 aromatic carbocycles. The van der Waals surface area contributed by atoms with E-state index in [0.717, 1.165) is 50.0 Å². The summed E-state index contributed by atoms with van der Waals surface area (Å²) in [7, 11) is 0. The van der Waals surface area contributed by atoms with Gasteiger partial charge in [0.15, 0.2) is 0 Å². The van der Waals surface area contributed by atoms with Crippen molar-refractivity contribution in [1.82, 2.24) is 15.1 Å².